The van der Waals surface area contributed by atoms with Gasteiger partial charge in [-0.3, -0.25) is 9.20 Å². The van der Waals surface area contributed by atoms with Crippen molar-refractivity contribution in [2.45, 2.75) is 12.1 Å². The van der Waals surface area contributed by atoms with Gasteiger partial charge in [0.05, 0.1) is 21.5 Å². The molecule has 0 spiro atoms. The lowest BCUT2D eigenvalue weighted by Crippen LogP contribution is -2.14. The van der Waals surface area contributed by atoms with Crippen LogP contribution in [0.15, 0.2) is 53.7 Å². The molecule has 0 unspecified atom stereocenters. The normalized spacial score (nSPS) is 11.5. The van der Waals surface area contributed by atoms with Crippen LogP contribution in [-0.2, 0) is 4.79 Å². The van der Waals surface area contributed by atoms with Gasteiger partial charge in [0.1, 0.15) is 0 Å². The number of rotatable bonds is 4. The molecule has 3 aromatic heterocycles. The number of anilines is 1. The molecular weight excluding hydrogens is 426 g/mol. The summed E-state index contributed by atoms with van der Waals surface area (Å²) in [7, 11) is 0. The van der Waals surface area contributed by atoms with Gasteiger partial charge in [-0.15, -0.1) is 10.2 Å². The van der Waals surface area contributed by atoms with E-state index >= 15 is 0 Å². The van der Waals surface area contributed by atoms with E-state index in [2.05, 4.69) is 33.5 Å². The van der Waals surface area contributed by atoms with E-state index in [1.165, 1.54) is 23.1 Å². The Morgan fingerprint density at radius 3 is 2.97 bits per heavy atom. The third kappa shape index (κ3) is 3.43. The Bertz CT molecular complexity index is 1390. The van der Waals surface area contributed by atoms with E-state index in [9.17, 15) is 4.79 Å². The van der Waals surface area contributed by atoms with Crippen molar-refractivity contribution < 1.29 is 4.79 Å². The number of thiazole rings is 1. The van der Waals surface area contributed by atoms with Crippen LogP contribution in [0.2, 0.25) is 5.02 Å². The largest absolute Gasteiger partial charge is 0.301 e. The van der Waals surface area contributed by atoms with Crippen molar-refractivity contribution in [3.8, 4) is 0 Å². The number of nitrogens with one attached hydrogen (secondary N) is 1. The average molecular weight is 440 g/mol. The Balaban J connectivity index is 1.37. The molecule has 0 aliphatic heterocycles. The minimum absolute atomic E-state index is 0.145. The van der Waals surface area contributed by atoms with Gasteiger partial charge in [0.2, 0.25) is 5.91 Å². The summed E-state index contributed by atoms with van der Waals surface area (Å²) >= 11 is 8.76. The number of hydrogen-bond donors (Lipinski definition) is 1. The van der Waals surface area contributed by atoms with E-state index in [1.807, 2.05) is 40.8 Å². The third-order valence-corrected chi connectivity index (χ3v) is 6.60. The quantitative estimate of drug-likeness (QED) is 0.390. The molecule has 1 N–H and O–H groups in total. The monoisotopic (exact) mass is 439 g/mol. The highest BCUT2D eigenvalue weighted by Gasteiger charge is 2.14. The van der Waals surface area contributed by atoms with Crippen molar-refractivity contribution >= 4 is 72.5 Å². The van der Waals surface area contributed by atoms with Crippen LogP contribution in [0.1, 0.15) is 5.56 Å². The lowest BCUT2D eigenvalue weighted by atomic mass is 10.1. The summed E-state index contributed by atoms with van der Waals surface area (Å²) in [5, 5.41) is 14.4. The zero-order valence-electron chi connectivity index (χ0n) is 15.2. The Morgan fingerprint density at radius 1 is 1.21 bits per heavy atom. The molecule has 1 amide bonds. The van der Waals surface area contributed by atoms with Crippen LogP contribution in [0.5, 0.6) is 0 Å². The molecule has 0 saturated carbocycles. The number of halogens is 1. The van der Waals surface area contributed by atoms with Crippen molar-refractivity contribution in [2.24, 2.45) is 0 Å². The number of nitrogens with zero attached hydrogens (tertiary/aromatic N) is 4. The summed E-state index contributed by atoms with van der Waals surface area (Å²) in [6, 6.07) is 15.6. The maximum absolute atomic E-state index is 12.5. The summed E-state index contributed by atoms with van der Waals surface area (Å²) in [6.07, 6.45) is 0. The first-order valence-electron chi connectivity index (χ1n) is 8.81. The lowest BCUT2D eigenvalue weighted by Gasteiger charge is -2.07. The van der Waals surface area contributed by atoms with Crippen molar-refractivity contribution in [1.29, 1.82) is 0 Å². The van der Waals surface area contributed by atoms with Gasteiger partial charge >= 0.3 is 0 Å². The number of pyridine rings is 1. The molecule has 0 bridgehead atoms. The zero-order valence-corrected chi connectivity index (χ0v) is 17.6. The van der Waals surface area contributed by atoms with Gasteiger partial charge in [0.25, 0.3) is 0 Å². The number of fused-ring (bicyclic) bond motifs is 4. The molecule has 0 aliphatic carbocycles. The fraction of sp³-hybridized carbons (Fsp3) is 0.100. The number of hydrogen-bond acceptors (Lipinski definition) is 6. The maximum atomic E-state index is 12.5. The second-order valence-electron chi connectivity index (χ2n) is 6.49. The minimum Gasteiger partial charge on any atom is -0.301 e. The number of benzene rings is 2. The van der Waals surface area contributed by atoms with Crippen molar-refractivity contribution in [3.63, 3.8) is 0 Å². The molecule has 6 nitrogen and oxygen atoms in total. The van der Waals surface area contributed by atoms with E-state index < -0.39 is 0 Å². The third-order valence-electron chi connectivity index (χ3n) is 4.50. The second-order valence-corrected chi connectivity index (χ2v) is 8.90. The summed E-state index contributed by atoms with van der Waals surface area (Å²) in [4.78, 5) is 16.9. The summed E-state index contributed by atoms with van der Waals surface area (Å²) < 4.78 is 2.92. The van der Waals surface area contributed by atoms with Gasteiger partial charge in [0, 0.05) is 10.4 Å². The maximum Gasteiger partial charge on any atom is 0.236 e. The molecule has 3 heterocycles. The first-order chi connectivity index (χ1) is 14.1. The number of carbonyl (C=O) groups excluding carboxylic acids is 1. The predicted molar refractivity (Wildman–Crippen MR) is 119 cm³/mol. The number of para-hydroxylation sites is 1. The highest BCUT2D eigenvalue weighted by molar-refractivity contribution is 7.99. The first kappa shape index (κ1) is 18.4. The predicted octanol–water partition coefficient (Wildman–Crippen LogP) is 5.18. The number of amides is 1. The highest BCUT2D eigenvalue weighted by atomic mass is 35.5. The van der Waals surface area contributed by atoms with Crippen LogP contribution >= 0.6 is 34.7 Å². The smallest absolute Gasteiger partial charge is 0.236 e. The molecule has 0 aliphatic rings. The van der Waals surface area contributed by atoms with E-state index in [0.29, 0.717) is 15.3 Å². The SMILES string of the molecule is Cc1cc2nnc(SCC(=O)Nc3nc4ccc(Cl)cc4s3)n2c2ccccc12. The number of carbonyl (C=O) groups is 1. The molecule has 0 fully saturated rings. The molecule has 5 aromatic rings. The van der Waals surface area contributed by atoms with Gasteiger partial charge < -0.3 is 5.32 Å². The van der Waals surface area contributed by atoms with Crippen molar-refractivity contribution in [1.82, 2.24) is 19.6 Å². The fourth-order valence-corrected chi connectivity index (χ4v) is 5.12. The number of aryl methyl sites for hydroxylation is 1. The molecule has 144 valence electrons. The molecule has 0 saturated heterocycles. The molecule has 2 aromatic carbocycles. The van der Waals surface area contributed by atoms with Gasteiger partial charge in [-0.2, -0.15) is 0 Å². The van der Waals surface area contributed by atoms with E-state index in [-0.39, 0.29) is 11.7 Å². The molecular formula is C20H14ClN5OS2. The molecule has 0 atom stereocenters. The minimum atomic E-state index is -0.145. The Kier molecular flexibility index (Phi) is 4.61. The van der Waals surface area contributed by atoms with E-state index in [0.717, 1.165) is 32.3 Å². The van der Waals surface area contributed by atoms with Crippen LogP contribution in [0.25, 0.3) is 26.8 Å². The van der Waals surface area contributed by atoms with Crippen LogP contribution in [0, 0.1) is 6.92 Å². The molecule has 0 radical (unpaired) electrons. The van der Waals surface area contributed by atoms with Crippen molar-refractivity contribution in [2.75, 3.05) is 11.1 Å². The van der Waals surface area contributed by atoms with Crippen LogP contribution in [0.4, 0.5) is 5.13 Å². The lowest BCUT2D eigenvalue weighted by molar-refractivity contribution is -0.113. The van der Waals surface area contributed by atoms with Gasteiger partial charge in [0.15, 0.2) is 15.9 Å². The van der Waals surface area contributed by atoms with Crippen molar-refractivity contribution in [3.05, 3.63) is 59.1 Å². The second kappa shape index (κ2) is 7.29. The topological polar surface area (TPSA) is 72.2 Å². The Morgan fingerprint density at radius 2 is 2.07 bits per heavy atom. The van der Waals surface area contributed by atoms with Crippen LogP contribution in [-0.4, -0.2) is 31.2 Å². The fourth-order valence-electron chi connectivity index (χ4n) is 3.21. The highest BCUT2D eigenvalue weighted by Crippen LogP contribution is 2.29. The summed E-state index contributed by atoms with van der Waals surface area (Å²) in [5.74, 6) is 0.0629. The number of thioether (sulfide) groups is 1. The Labute approximate surface area is 178 Å². The van der Waals surface area contributed by atoms with Gasteiger partial charge in [-0.25, -0.2) is 4.98 Å². The van der Waals surface area contributed by atoms with Crippen LogP contribution in [0.3, 0.4) is 0 Å². The van der Waals surface area contributed by atoms with E-state index in [4.69, 9.17) is 11.6 Å². The Hall–Kier alpha value is -2.68. The molecule has 5 rings (SSSR count). The van der Waals surface area contributed by atoms with Gasteiger partial charge in [-0.05, 0) is 42.8 Å². The number of aromatic nitrogens is 4. The van der Waals surface area contributed by atoms with E-state index in [1.54, 1.807) is 6.07 Å². The van der Waals surface area contributed by atoms with Gasteiger partial charge in [-0.1, -0.05) is 52.9 Å². The summed E-state index contributed by atoms with van der Waals surface area (Å²) in [5.41, 5.74) is 3.75. The molecule has 29 heavy (non-hydrogen) atoms. The zero-order chi connectivity index (χ0) is 20.0. The molecule has 9 heteroatoms. The summed E-state index contributed by atoms with van der Waals surface area (Å²) in [6.45, 7) is 2.06. The standard InChI is InChI=1S/C20H14ClN5OS2/c1-11-8-17-24-25-20(26(17)15-5-3-2-4-13(11)15)28-10-18(27)23-19-22-14-7-6-12(21)9-16(14)29-19/h2-9H,10H2,1H3,(H,22,23,27). The first-order valence-corrected chi connectivity index (χ1v) is 11.0. The average Bonchev–Trinajstić information content (AvgIpc) is 3.29. The van der Waals surface area contributed by atoms with Crippen LogP contribution < -0.4 is 5.32 Å².